The van der Waals surface area contributed by atoms with Gasteiger partial charge in [-0.1, -0.05) is 32.6 Å². The molecule has 1 N–H and O–H groups in total. The largest absolute Gasteiger partial charge is 0.311 e. The Morgan fingerprint density at radius 1 is 0.850 bits per heavy atom. The van der Waals surface area contributed by atoms with E-state index in [4.69, 9.17) is 0 Å². The Morgan fingerprint density at radius 3 is 2.30 bits per heavy atom. The molecule has 0 radical (unpaired) electrons. The van der Waals surface area contributed by atoms with E-state index >= 15 is 0 Å². The number of nitrogens with one attached hydrogen (secondary N) is 1. The second-order valence-corrected chi connectivity index (χ2v) is 7.57. The fourth-order valence-electron chi connectivity index (χ4n) is 4.45. The van der Waals surface area contributed by atoms with E-state index < -0.39 is 0 Å². The molecule has 1 heterocycles. The SMILES string of the molecule is CCCC1CCCC(NC2CCN(C3CC3)CC2)CC1. The summed E-state index contributed by atoms with van der Waals surface area (Å²) in [5.41, 5.74) is 0. The van der Waals surface area contributed by atoms with Crippen LogP contribution in [0, 0.1) is 5.92 Å². The third-order valence-corrected chi connectivity index (χ3v) is 5.85. The Balaban J connectivity index is 1.37. The molecule has 0 amide bonds. The summed E-state index contributed by atoms with van der Waals surface area (Å²) in [6.45, 7) is 5.05. The maximum atomic E-state index is 4.01. The summed E-state index contributed by atoms with van der Waals surface area (Å²) < 4.78 is 0. The highest BCUT2D eigenvalue weighted by Crippen LogP contribution is 2.30. The van der Waals surface area contributed by atoms with Crippen molar-refractivity contribution in [1.82, 2.24) is 10.2 Å². The van der Waals surface area contributed by atoms with E-state index in [1.54, 1.807) is 0 Å². The van der Waals surface area contributed by atoms with Crippen LogP contribution in [0.5, 0.6) is 0 Å². The van der Waals surface area contributed by atoms with Crippen molar-refractivity contribution < 1.29 is 0 Å². The highest BCUT2D eigenvalue weighted by molar-refractivity contribution is 4.90. The third kappa shape index (κ3) is 4.21. The molecule has 2 atom stereocenters. The van der Waals surface area contributed by atoms with Crippen LogP contribution in [0.4, 0.5) is 0 Å². The van der Waals surface area contributed by atoms with Crippen molar-refractivity contribution >= 4 is 0 Å². The van der Waals surface area contributed by atoms with Crippen molar-refractivity contribution in [2.45, 2.75) is 95.7 Å². The Bertz CT molecular complexity index is 279. The van der Waals surface area contributed by atoms with Crippen LogP contribution in [-0.4, -0.2) is 36.1 Å². The molecule has 2 nitrogen and oxygen atoms in total. The molecule has 20 heavy (non-hydrogen) atoms. The monoisotopic (exact) mass is 278 g/mol. The molecule has 2 heteroatoms. The highest BCUT2D eigenvalue weighted by atomic mass is 15.2. The predicted octanol–water partition coefficient (Wildman–Crippen LogP) is 3.95. The first kappa shape index (κ1) is 14.8. The van der Waals surface area contributed by atoms with E-state index in [0.29, 0.717) is 0 Å². The fraction of sp³-hybridized carbons (Fsp3) is 1.00. The summed E-state index contributed by atoms with van der Waals surface area (Å²) in [6.07, 6.45) is 15.9. The highest BCUT2D eigenvalue weighted by Gasteiger charge is 2.32. The van der Waals surface area contributed by atoms with Gasteiger partial charge in [-0.2, -0.15) is 0 Å². The third-order valence-electron chi connectivity index (χ3n) is 5.85. The summed E-state index contributed by atoms with van der Waals surface area (Å²) in [6, 6.07) is 2.62. The zero-order valence-electron chi connectivity index (χ0n) is 13.4. The van der Waals surface area contributed by atoms with Crippen molar-refractivity contribution in [2.75, 3.05) is 13.1 Å². The zero-order valence-corrected chi connectivity index (χ0v) is 13.4. The molecular formula is C18H34N2. The van der Waals surface area contributed by atoms with Gasteiger partial charge in [-0.05, 0) is 64.0 Å². The maximum absolute atomic E-state index is 4.01. The average molecular weight is 278 g/mol. The molecule has 0 bridgehead atoms. The lowest BCUT2D eigenvalue weighted by Crippen LogP contribution is -2.46. The molecule has 0 aromatic heterocycles. The van der Waals surface area contributed by atoms with Gasteiger partial charge in [0.1, 0.15) is 0 Å². The van der Waals surface area contributed by atoms with E-state index in [1.807, 2.05) is 0 Å². The molecule has 3 aliphatic rings. The minimum Gasteiger partial charge on any atom is -0.311 e. The molecule has 0 aromatic carbocycles. The number of piperidine rings is 1. The number of hydrogen-bond acceptors (Lipinski definition) is 2. The second kappa shape index (κ2) is 7.26. The number of hydrogen-bond donors (Lipinski definition) is 1. The summed E-state index contributed by atoms with van der Waals surface area (Å²) in [4.78, 5) is 2.74. The minimum atomic E-state index is 0.817. The van der Waals surface area contributed by atoms with Crippen molar-refractivity contribution in [3.63, 3.8) is 0 Å². The molecule has 2 unspecified atom stereocenters. The van der Waals surface area contributed by atoms with Crippen LogP contribution >= 0.6 is 0 Å². The Hall–Kier alpha value is -0.0800. The summed E-state index contributed by atoms with van der Waals surface area (Å²) in [7, 11) is 0. The van der Waals surface area contributed by atoms with Crippen molar-refractivity contribution in [1.29, 1.82) is 0 Å². The first-order valence-electron chi connectivity index (χ1n) is 9.35. The van der Waals surface area contributed by atoms with Crippen LogP contribution < -0.4 is 5.32 Å². The van der Waals surface area contributed by atoms with Gasteiger partial charge in [-0.15, -0.1) is 0 Å². The lowest BCUT2D eigenvalue weighted by atomic mass is 9.95. The predicted molar refractivity (Wildman–Crippen MR) is 86.0 cm³/mol. The van der Waals surface area contributed by atoms with Crippen LogP contribution in [-0.2, 0) is 0 Å². The van der Waals surface area contributed by atoms with Crippen LogP contribution in [0.25, 0.3) is 0 Å². The quantitative estimate of drug-likeness (QED) is 0.766. The standard InChI is InChI=1S/C18H34N2/c1-2-4-15-5-3-6-16(8-7-15)19-17-11-13-20(14-12-17)18-9-10-18/h15-19H,2-14H2,1H3. The van der Waals surface area contributed by atoms with Gasteiger partial charge in [0.2, 0.25) is 0 Å². The van der Waals surface area contributed by atoms with Gasteiger partial charge in [-0.3, -0.25) is 0 Å². The van der Waals surface area contributed by atoms with Crippen LogP contribution in [0.2, 0.25) is 0 Å². The van der Waals surface area contributed by atoms with Gasteiger partial charge in [0, 0.05) is 18.1 Å². The van der Waals surface area contributed by atoms with E-state index in [2.05, 4.69) is 17.1 Å². The topological polar surface area (TPSA) is 15.3 Å². The number of likely N-dealkylation sites (tertiary alicyclic amines) is 1. The van der Waals surface area contributed by atoms with Crippen molar-refractivity contribution in [2.24, 2.45) is 5.92 Å². The molecule has 1 saturated heterocycles. The first-order chi connectivity index (χ1) is 9.85. The summed E-state index contributed by atoms with van der Waals surface area (Å²) in [5, 5.41) is 4.01. The van der Waals surface area contributed by atoms with Gasteiger partial charge < -0.3 is 10.2 Å². The zero-order chi connectivity index (χ0) is 13.8. The van der Waals surface area contributed by atoms with Crippen LogP contribution in [0.15, 0.2) is 0 Å². The maximum Gasteiger partial charge on any atom is 0.00964 e. The summed E-state index contributed by atoms with van der Waals surface area (Å²) in [5.74, 6) is 1.03. The molecule has 3 fully saturated rings. The van der Waals surface area contributed by atoms with Gasteiger partial charge in [0.25, 0.3) is 0 Å². The molecule has 2 saturated carbocycles. The molecular weight excluding hydrogens is 244 g/mol. The van der Waals surface area contributed by atoms with Crippen molar-refractivity contribution in [3.8, 4) is 0 Å². The van der Waals surface area contributed by atoms with Gasteiger partial charge in [0.05, 0.1) is 0 Å². The molecule has 1 aliphatic heterocycles. The Morgan fingerprint density at radius 2 is 1.60 bits per heavy atom. The van der Waals surface area contributed by atoms with E-state index in [-0.39, 0.29) is 0 Å². The molecule has 0 aromatic rings. The van der Waals surface area contributed by atoms with Gasteiger partial charge >= 0.3 is 0 Å². The smallest absolute Gasteiger partial charge is 0.00964 e. The molecule has 0 spiro atoms. The van der Waals surface area contributed by atoms with E-state index in [9.17, 15) is 0 Å². The van der Waals surface area contributed by atoms with Crippen LogP contribution in [0.3, 0.4) is 0 Å². The Labute approximate surface area is 125 Å². The van der Waals surface area contributed by atoms with Crippen molar-refractivity contribution in [3.05, 3.63) is 0 Å². The van der Waals surface area contributed by atoms with Gasteiger partial charge in [-0.25, -0.2) is 0 Å². The van der Waals surface area contributed by atoms with E-state index in [0.717, 1.165) is 24.0 Å². The minimum absolute atomic E-state index is 0.817. The Kier molecular flexibility index (Phi) is 5.39. The first-order valence-corrected chi connectivity index (χ1v) is 9.35. The van der Waals surface area contributed by atoms with Crippen LogP contribution in [0.1, 0.15) is 77.6 Å². The van der Waals surface area contributed by atoms with E-state index in [1.165, 1.54) is 83.7 Å². The lowest BCUT2D eigenvalue weighted by molar-refractivity contribution is 0.180. The average Bonchev–Trinajstić information content (AvgIpc) is 3.29. The molecule has 116 valence electrons. The second-order valence-electron chi connectivity index (χ2n) is 7.57. The fourth-order valence-corrected chi connectivity index (χ4v) is 4.45. The molecule has 3 rings (SSSR count). The van der Waals surface area contributed by atoms with Gasteiger partial charge in [0.15, 0.2) is 0 Å². The number of rotatable bonds is 5. The molecule has 2 aliphatic carbocycles. The normalized spacial score (nSPS) is 34.0. The summed E-state index contributed by atoms with van der Waals surface area (Å²) >= 11 is 0. The number of nitrogens with zero attached hydrogens (tertiary/aromatic N) is 1. The lowest BCUT2D eigenvalue weighted by Gasteiger charge is -2.34.